The third-order valence-corrected chi connectivity index (χ3v) is 3.21. The molecule has 1 rings (SSSR count). The molecule has 2 nitrogen and oxygen atoms in total. The van der Waals surface area contributed by atoms with Gasteiger partial charge >= 0.3 is 0 Å². The maximum atomic E-state index is 5.88. The van der Waals surface area contributed by atoms with Crippen LogP contribution in [0.1, 0.15) is 25.5 Å². The number of nitrogens with one attached hydrogen (secondary N) is 1. The minimum Gasteiger partial charge on any atom is -0.352 e. The van der Waals surface area contributed by atoms with Crippen molar-refractivity contribution in [2.75, 3.05) is 19.6 Å². The second-order valence-electron chi connectivity index (χ2n) is 3.76. The number of hydrogen-bond donors (Lipinski definition) is 2. The van der Waals surface area contributed by atoms with Crippen LogP contribution in [0.5, 0.6) is 0 Å². The topological polar surface area (TPSA) is 32.1 Å². The first-order valence-electron chi connectivity index (χ1n) is 5.62. The van der Waals surface area contributed by atoms with Crippen molar-refractivity contribution in [2.24, 2.45) is 0 Å². The molecule has 0 heterocycles. The van der Waals surface area contributed by atoms with Gasteiger partial charge in [-0.15, -0.1) is 0 Å². The number of halogens is 1. The highest BCUT2D eigenvalue weighted by Gasteiger charge is 2.21. The van der Waals surface area contributed by atoms with Crippen LogP contribution in [0, 0.1) is 0 Å². The molecular formula is C12H21ClN2+2. The largest absolute Gasteiger partial charge is 0.352 e. The molecule has 0 bridgehead atoms. The molecule has 0 aliphatic carbocycles. The van der Waals surface area contributed by atoms with Crippen molar-refractivity contribution in [1.82, 2.24) is 0 Å². The fraction of sp³-hybridized carbons (Fsp3) is 0.500. The van der Waals surface area contributed by atoms with Crippen molar-refractivity contribution in [3.8, 4) is 0 Å². The van der Waals surface area contributed by atoms with Crippen LogP contribution < -0.4 is 10.6 Å². The molecule has 0 aliphatic heterocycles. The van der Waals surface area contributed by atoms with Gasteiger partial charge in [-0.3, -0.25) is 0 Å². The lowest BCUT2D eigenvalue weighted by molar-refractivity contribution is -0.934. The number of hydrogen-bond acceptors (Lipinski definition) is 0. The zero-order chi connectivity index (χ0) is 11.3. The predicted molar refractivity (Wildman–Crippen MR) is 64.0 cm³/mol. The van der Waals surface area contributed by atoms with Crippen molar-refractivity contribution in [3.63, 3.8) is 0 Å². The van der Waals surface area contributed by atoms with Gasteiger partial charge in [0.2, 0.25) is 0 Å². The third-order valence-electron chi connectivity index (χ3n) is 2.96. The van der Waals surface area contributed by atoms with Gasteiger partial charge in [-0.05, 0) is 26.0 Å². The zero-order valence-electron chi connectivity index (χ0n) is 9.59. The summed E-state index contributed by atoms with van der Waals surface area (Å²) in [5.41, 5.74) is 5.39. The second kappa shape index (κ2) is 6.11. The lowest BCUT2D eigenvalue weighted by Gasteiger charge is -2.24. The summed E-state index contributed by atoms with van der Waals surface area (Å²) >= 11 is 5.88. The lowest BCUT2D eigenvalue weighted by Crippen LogP contribution is -3.13. The first-order chi connectivity index (χ1) is 7.22. The minimum atomic E-state index is 0.497. The van der Waals surface area contributed by atoms with Gasteiger partial charge in [0.25, 0.3) is 0 Å². The molecule has 3 heteroatoms. The number of rotatable bonds is 5. The van der Waals surface area contributed by atoms with Crippen LogP contribution in [-0.4, -0.2) is 19.6 Å². The molecule has 84 valence electrons. The Balaban J connectivity index is 2.86. The molecule has 0 radical (unpaired) electrons. The molecule has 0 amide bonds. The van der Waals surface area contributed by atoms with Crippen molar-refractivity contribution >= 4 is 11.6 Å². The Morgan fingerprint density at radius 1 is 1.20 bits per heavy atom. The Bertz CT molecular complexity index is 280. The fourth-order valence-electron chi connectivity index (χ4n) is 2.04. The highest BCUT2D eigenvalue weighted by atomic mass is 35.5. The quantitative estimate of drug-likeness (QED) is 0.738. The first-order valence-corrected chi connectivity index (χ1v) is 6.00. The van der Waals surface area contributed by atoms with Crippen molar-refractivity contribution in [2.45, 2.75) is 19.9 Å². The number of benzene rings is 1. The smallest absolute Gasteiger partial charge is 0.162 e. The number of likely N-dealkylation sites (N-methyl/N-ethyl adjacent to an activating group) is 1. The first kappa shape index (κ1) is 12.5. The van der Waals surface area contributed by atoms with Gasteiger partial charge in [-0.25, -0.2) is 0 Å². The van der Waals surface area contributed by atoms with Crippen LogP contribution in [0.2, 0.25) is 5.02 Å². The van der Waals surface area contributed by atoms with Gasteiger partial charge in [0.15, 0.2) is 6.04 Å². The van der Waals surface area contributed by atoms with Crippen molar-refractivity contribution in [1.29, 1.82) is 0 Å². The molecule has 1 aromatic carbocycles. The van der Waals surface area contributed by atoms with Gasteiger partial charge in [0.05, 0.1) is 13.1 Å². The van der Waals surface area contributed by atoms with Crippen LogP contribution in [0.4, 0.5) is 0 Å². The molecule has 0 fully saturated rings. The summed E-state index contributed by atoms with van der Waals surface area (Å²) in [4.78, 5) is 1.58. The molecular weight excluding hydrogens is 208 g/mol. The zero-order valence-corrected chi connectivity index (χ0v) is 10.3. The van der Waals surface area contributed by atoms with E-state index in [9.17, 15) is 0 Å². The molecule has 0 saturated heterocycles. The summed E-state index contributed by atoms with van der Waals surface area (Å²) in [6, 6.07) is 8.65. The Morgan fingerprint density at radius 2 is 1.73 bits per heavy atom. The number of quaternary nitrogens is 2. The van der Waals surface area contributed by atoms with Crippen LogP contribution in [0.15, 0.2) is 24.3 Å². The summed E-state index contributed by atoms with van der Waals surface area (Å²) < 4.78 is 0. The average Bonchev–Trinajstić information content (AvgIpc) is 2.27. The van der Waals surface area contributed by atoms with Gasteiger partial charge in [0.1, 0.15) is 6.54 Å². The molecule has 1 aromatic rings. The summed E-state index contributed by atoms with van der Waals surface area (Å²) in [6.45, 7) is 7.64. The van der Waals surface area contributed by atoms with E-state index in [1.165, 1.54) is 5.56 Å². The van der Waals surface area contributed by atoms with E-state index in [0.717, 1.165) is 24.7 Å². The average molecular weight is 229 g/mol. The molecule has 0 unspecified atom stereocenters. The Morgan fingerprint density at radius 3 is 2.13 bits per heavy atom. The SMILES string of the molecule is CC[NH+](CC)[C@@H](C[NH3+])c1ccc(Cl)cc1. The summed E-state index contributed by atoms with van der Waals surface area (Å²) in [5, 5.41) is 0.802. The van der Waals surface area contributed by atoms with E-state index in [2.05, 4.69) is 31.7 Å². The van der Waals surface area contributed by atoms with Gasteiger partial charge in [0, 0.05) is 10.6 Å². The van der Waals surface area contributed by atoms with E-state index in [-0.39, 0.29) is 0 Å². The highest BCUT2D eigenvalue weighted by molar-refractivity contribution is 6.30. The van der Waals surface area contributed by atoms with Crippen molar-refractivity contribution in [3.05, 3.63) is 34.9 Å². The standard InChI is InChI=1S/C12H19ClN2/c1-3-15(4-2)12(9-14)10-5-7-11(13)8-6-10/h5-8,12H,3-4,9,14H2,1-2H3/p+2/t12-/m0/s1. The molecule has 0 aliphatic rings. The maximum absolute atomic E-state index is 5.88. The molecule has 4 N–H and O–H groups in total. The Hall–Kier alpha value is -0.570. The normalized spacial score (nSPS) is 13.1. The van der Waals surface area contributed by atoms with Gasteiger partial charge in [-0.2, -0.15) is 0 Å². The lowest BCUT2D eigenvalue weighted by atomic mass is 10.1. The monoisotopic (exact) mass is 228 g/mol. The molecule has 0 spiro atoms. The molecule has 0 saturated carbocycles. The van der Waals surface area contributed by atoms with Crippen LogP contribution in [0.3, 0.4) is 0 Å². The second-order valence-corrected chi connectivity index (χ2v) is 4.19. The highest BCUT2D eigenvalue weighted by Crippen LogP contribution is 2.13. The fourth-order valence-corrected chi connectivity index (χ4v) is 2.17. The van der Waals surface area contributed by atoms with E-state index in [1.54, 1.807) is 4.90 Å². The Kier molecular flexibility index (Phi) is 5.09. The molecule has 0 aromatic heterocycles. The summed E-state index contributed by atoms with van der Waals surface area (Å²) in [5.74, 6) is 0. The minimum absolute atomic E-state index is 0.497. The summed E-state index contributed by atoms with van der Waals surface area (Å²) in [7, 11) is 0. The van der Waals surface area contributed by atoms with Gasteiger partial charge in [-0.1, -0.05) is 23.7 Å². The van der Waals surface area contributed by atoms with Crippen LogP contribution in [0.25, 0.3) is 0 Å². The summed E-state index contributed by atoms with van der Waals surface area (Å²) in [6.07, 6.45) is 0. The molecule has 15 heavy (non-hydrogen) atoms. The van der Waals surface area contributed by atoms with E-state index >= 15 is 0 Å². The van der Waals surface area contributed by atoms with E-state index in [4.69, 9.17) is 11.6 Å². The predicted octanol–water partition coefficient (Wildman–Crippen LogP) is 0.548. The third kappa shape index (κ3) is 3.20. The van der Waals surface area contributed by atoms with E-state index < -0.39 is 0 Å². The van der Waals surface area contributed by atoms with Crippen LogP contribution >= 0.6 is 11.6 Å². The van der Waals surface area contributed by atoms with Crippen molar-refractivity contribution < 1.29 is 10.6 Å². The Labute approximate surface area is 97.0 Å². The van der Waals surface area contributed by atoms with E-state index in [1.807, 2.05) is 12.1 Å². The maximum Gasteiger partial charge on any atom is 0.162 e. The molecule has 1 atom stereocenters. The van der Waals surface area contributed by atoms with Crippen LogP contribution in [-0.2, 0) is 0 Å². The van der Waals surface area contributed by atoms with E-state index in [0.29, 0.717) is 6.04 Å². The van der Waals surface area contributed by atoms with Gasteiger partial charge < -0.3 is 10.6 Å².